The van der Waals surface area contributed by atoms with Gasteiger partial charge in [0.15, 0.2) is 0 Å². The molecule has 0 spiro atoms. The number of rotatable bonds is 5. The summed E-state index contributed by atoms with van der Waals surface area (Å²) in [5.74, 6) is 9.15. The van der Waals surface area contributed by atoms with Crippen LogP contribution in [0.25, 0.3) is 0 Å². The maximum absolute atomic E-state index is 13.6. The lowest BCUT2D eigenvalue weighted by atomic mass is 9.68. The Labute approximate surface area is 190 Å². The first-order valence-electron chi connectivity index (χ1n) is 10.8. The molecule has 0 saturated heterocycles. The highest BCUT2D eigenvalue weighted by atomic mass is 35.5. The van der Waals surface area contributed by atoms with Gasteiger partial charge in [-0.25, -0.2) is 5.84 Å². The minimum atomic E-state index is -0.523. The monoisotopic (exact) mass is 444 g/mol. The van der Waals surface area contributed by atoms with Crippen molar-refractivity contribution in [3.63, 3.8) is 0 Å². The Kier molecular flexibility index (Phi) is 7.08. The summed E-state index contributed by atoms with van der Waals surface area (Å²) in [5, 5.41) is 2.00. The van der Waals surface area contributed by atoms with Crippen molar-refractivity contribution in [1.29, 1.82) is 0 Å². The fraction of sp³-hybridized carbons (Fsp3) is 0.542. The van der Waals surface area contributed by atoms with Crippen LogP contribution in [-0.4, -0.2) is 36.0 Å². The van der Waals surface area contributed by atoms with Crippen molar-refractivity contribution in [3.8, 4) is 18.1 Å². The molecule has 0 aromatic heterocycles. The Morgan fingerprint density at radius 3 is 2.84 bits per heavy atom. The van der Waals surface area contributed by atoms with Gasteiger partial charge in [0.25, 0.3) is 0 Å². The van der Waals surface area contributed by atoms with Crippen molar-refractivity contribution in [3.05, 3.63) is 40.2 Å². The molecule has 1 aromatic rings. The molecule has 2 atom stereocenters. The summed E-state index contributed by atoms with van der Waals surface area (Å²) in [6, 6.07) is 3.08. The van der Waals surface area contributed by atoms with E-state index in [1.807, 2.05) is 4.90 Å². The van der Waals surface area contributed by atoms with Gasteiger partial charge in [0, 0.05) is 36.3 Å². The second kappa shape index (κ2) is 9.42. The van der Waals surface area contributed by atoms with Crippen molar-refractivity contribution in [1.82, 2.24) is 9.91 Å². The Morgan fingerprint density at radius 1 is 1.45 bits per heavy atom. The summed E-state index contributed by atoms with van der Waals surface area (Å²) in [5.41, 5.74) is 8.15. The van der Waals surface area contributed by atoms with E-state index in [1.165, 1.54) is 11.4 Å². The standard InChI is InChI=1S/C24H33ClN4O2/c1-5-20-22-17(19(25)9-10-21(22)31-15-16(26)14-28(4)27)11-13-29(20)23(30)18-8-6-7-12-24(18,2)3/h1,9-10,14,18,20H,6-8,11-13,15,26-27H2,2-4H3/b16-14-. The summed E-state index contributed by atoms with van der Waals surface area (Å²) >= 11 is 6.50. The number of terminal acetylenes is 1. The lowest BCUT2D eigenvalue weighted by molar-refractivity contribution is -0.143. The minimum Gasteiger partial charge on any atom is -0.487 e. The molecule has 3 rings (SSSR count). The summed E-state index contributed by atoms with van der Waals surface area (Å²) in [6.45, 7) is 5.08. The lowest BCUT2D eigenvalue weighted by Gasteiger charge is -2.43. The number of benzene rings is 1. The van der Waals surface area contributed by atoms with Gasteiger partial charge in [0.2, 0.25) is 5.91 Å². The first-order chi connectivity index (χ1) is 14.7. The number of hydrazine groups is 1. The van der Waals surface area contributed by atoms with Crippen LogP contribution < -0.4 is 16.3 Å². The maximum atomic E-state index is 13.6. The maximum Gasteiger partial charge on any atom is 0.227 e. The molecule has 1 aromatic carbocycles. The van der Waals surface area contributed by atoms with Crippen LogP contribution in [0.2, 0.25) is 5.02 Å². The molecule has 4 N–H and O–H groups in total. The minimum absolute atomic E-state index is 0.0270. The molecule has 2 unspecified atom stereocenters. The summed E-state index contributed by atoms with van der Waals surface area (Å²) in [6.07, 6.45) is 12.4. The summed E-state index contributed by atoms with van der Waals surface area (Å²) < 4.78 is 6.00. The van der Waals surface area contributed by atoms with Gasteiger partial charge in [-0.2, -0.15) is 0 Å². The third-order valence-corrected chi connectivity index (χ3v) is 6.81. The van der Waals surface area contributed by atoms with Crippen LogP contribution in [0, 0.1) is 23.7 Å². The van der Waals surface area contributed by atoms with Gasteiger partial charge < -0.3 is 20.4 Å². The predicted molar refractivity (Wildman–Crippen MR) is 124 cm³/mol. The number of nitrogens with two attached hydrogens (primary N) is 2. The van der Waals surface area contributed by atoms with E-state index in [2.05, 4.69) is 19.8 Å². The number of hydrogen-bond acceptors (Lipinski definition) is 5. The van der Waals surface area contributed by atoms with E-state index >= 15 is 0 Å². The number of halogens is 1. The van der Waals surface area contributed by atoms with Crippen LogP contribution in [0.1, 0.15) is 56.7 Å². The first kappa shape index (κ1) is 23.3. The molecular weight excluding hydrogens is 412 g/mol. The highest BCUT2D eigenvalue weighted by Gasteiger charge is 2.42. The molecule has 7 heteroatoms. The molecule has 6 nitrogen and oxygen atoms in total. The SMILES string of the molecule is C#CC1c2c(OC/C(N)=C/N(C)N)ccc(Cl)c2CCN1C(=O)C1CCCCC1(C)C. The van der Waals surface area contributed by atoms with Gasteiger partial charge in [-0.1, -0.05) is 44.2 Å². The lowest BCUT2D eigenvalue weighted by Crippen LogP contribution is -2.47. The van der Waals surface area contributed by atoms with E-state index in [0.29, 0.717) is 29.4 Å². The van der Waals surface area contributed by atoms with Crippen LogP contribution in [-0.2, 0) is 11.2 Å². The number of ether oxygens (including phenoxy) is 1. The number of hydrogen-bond donors (Lipinski definition) is 2. The van der Waals surface area contributed by atoms with E-state index in [4.69, 9.17) is 34.3 Å². The van der Waals surface area contributed by atoms with Gasteiger partial charge in [0.1, 0.15) is 18.4 Å². The molecule has 1 fully saturated rings. The molecule has 0 bridgehead atoms. The molecule has 1 heterocycles. The molecule has 1 aliphatic heterocycles. The van der Waals surface area contributed by atoms with Crippen LogP contribution >= 0.6 is 11.6 Å². The van der Waals surface area contributed by atoms with E-state index in [1.54, 1.807) is 25.4 Å². The van der Waals surface area contributed by atoms with Crippen molar-refractivity contribution >= 4 is 17.5 Å². The van der Waals surface area contributed by atoms with Crippen molar-refractivity contribution < 1.29 is 9.53 Å². The quantitative estimate of drug-likeness (QED) is 0.411. The third-order valence-electron chi connectivity index (χ3n) is 6.46. The summed E-state index contributed by atoms with van der Waals surface area (Å²) in [4.78, 5) is 15.5. The fourth-order valence-electron chi connectivity index (χ4n) is 4.84. The predicted octanol–water partition coefficient (Wildman–Crippen LogP) is 3.60. The Hall–Kier alpha value is -2.36. The normalized spacial score (nSPS) is 23.0. The summed E-state index contributed by atoms with van der Waals surface area (Å²) in [7, 11) is 1.68. The van der Waals surface area contributed by atoms with Gasteiger partial charge in [-0.05, 0) is 42.4 Å². The molecule has 0 radical (unpaired) electrons. The van der Waals surface area contributed by atoms with Crippen LogP contribution in [0.15, 0.2) is 24.0 Å². The van der Waals surface area contributed by atoms with Gasteiger partial charge >= 0.3 is 0 Å². The fourth-order valence-corrected chi connectivity index (χ4v) is 5.10. The van der Waals surface area contributed by atoms with Gasteiger partial charge in [0.05, 0.1) is 5.70 Å². The van der Waals surface area contributed by atoms with Crippen molar-refractivity contribution in [2.75, 3.05) is 20.2 Å². The Morgan fingerprint density at radius 2 is 2.19 bits per heavy atom. The second-order valence-electron chi connectivity index (χ2n) is 9.23. The highest BCUT2D eigenvalue weighted by molar-refractivity contribution is 6.31. The Balaban J connectivity index is 1.92. The van der Waals surface area contributed by atoms with Crippen LogP contribution in [0.4, 0.5) is 0 Å². The number of amides is 1. The van der Waals surface area contributed by atoms with E-state index in [0.717, 1.165) is 30.4 Å². The average molecular weight is 445 g/mol. The molecule has 1 aliphatic carbocycles. The first-order valence-corrected chi connectivity index (χ1v) is 11.2. The largest absolute Gasteiger partial charge is 0.487 e. The Bertz CT molecular complexity index is 904. The highest BCUT2D eigenvalue weighted by Crippen LogP contribution is 2.45. The average Bonchev–Trinajstić information content (AvgIpc) is 2.71. The number of carbonyl (C=O) groups excluding carboxylic acids is 1. The molecule has 1 amide bonds. The molecular formula is C24H33ClN4O2. The van der Waals surface area contributed by atoms with Crippen LogP contribution in [0.3, 0.4) is 0 Å². The van der Waals surface area contributed by atoms with E-state index in [9.17, 15) is 4.79 Å². The van der Waals surface area contributed by atoms with Crippen molar-refractivity contribution in [2.45, 2.75) is 52.0 Å². The topological polar surface area (TPSA) is 84.8 Å². The molecule has 168 valence electrons. The zero-order chi connectivity index (χ0) is 22.8. The smallest absolute Gasteiger partial charge is 0.227 e. The van der Waals surface area contributed by atoms with Gasteiger partial charge in [-0.3, -0.25) is 4.79 Å². The number of fused-ring (bicyclic) bond motifs is 1. The van der Waals surface area contributed by atoms with Gasteiger partial charge in [-0.15, -0.1) is 6.42 Å². The van der Waals surface area contributed by atoms with Crippen LogP contribution in [0.5, 0.6) is 5.75 Å². The van der Waals surface area contributed by atoms with E-state index in [-0.39, 0.29) is 23.8 Å². The molecule has 31 heavy (non-hydrogen) atoms. The number of nitrogens with zero attached hydrogens (tertiary/aromatic N) is 2. The zero-order valence-electron chi connectivity index (χ0n) is 18.7. The zero-order valence-corrected chi connectivity index (χ0v) is 19.4. The second-order valence-corrected chi connectivity index (χ2v) is 9.64. The van der Waals surface area contributed by atoms with E-state index < -0.39 is 6.04 Å². The third kappa shape index (κ3) is 4.94. The molecule has 1 saturated carbocycles. The molecule has 2 aliphatic rings. The van der Waals surface area contributed by atoms with Crippen molar-refractivity contribution in [2.24, 2.45) is 22.9 Å². The number of carbonyl (C=O) groups is 1.